The molecule has 1 rings (SSSR count). The summed E-state index contributed by atoms with van der Waals surface area (Å²) in [5.41, 5.74) is 0.580. The maximum Gasteiger partial charge on any atom is 0.306 e. The second kappa shape index (κ2) is 16.1. The lowest BCUT2D eigenvalue weighted by atomic mass is 10.1. The molecule has 0 unspecified atom stereocenters. The third kappa shape index (κ3) is 13.3. The fourth-order valence-electron chi connectivity index (χ4n) is 2.91. The van der Waals surface area contributed by atoms with Crippen molar-refractivity contribution in [2.45, 2.75) is 90.6 Å². The minimum atomic E-state index is -0.486. The summed E-state index contributed by atoms with van der Waals surface area (Å²) in [5, 5.41) is 0. The lowest BCUT2D eigenvalue weighted by Gasteiger charge is -2.06. The molecule has 0 N–H and O–H groups in total. The maximum absolute atomic E-state index is 13.0. The highest BCUT2D eigenvalue weighted by molar-refractivity contribution is 5.77. The van der Waals surface area contributed by atoms with Gasteiger partial charge >= 0.3 is 11.9 Å². The van der Waals surface area contributed by atoms with Crippen LogP contribution in [0.3, 0.4) is 0 Å². The molecule has 0 aliphatic carbocycles. The first-order chi connectivity index (χ1) is 13.6. The molecule has 0 aliphatic heterocycles. The molecule has 0 spiro atoms. The molecule has 1 aromatic rings. The molecule has 0 radical (unpaired) electrons. The number of esters is 2. The summed E-state index contributed by atoms with van der Waals surface area (Å²) in [4.78, 5) is 23.3. The Morgan fingerprint density at radius 2 is 1.39 bits per heavy atom. The van der Waals surface area contributed by atoms with E-state index in [4.69, 9.17) is 9.47 Å². The van der Waals surface area contributed by atoms with Crippen molar-refractivity contribution >= 4 is 11.9 Å². The van der Waals surface area contributed by atoms with Gasteiger partial charge in [0.2, 0.25) is 0 Å². The number of rotatable bonds is 16. The van der Waals surface area contributed by atoms with Crippen LogP contribution in [0.5, 0.6) is 0 Å². The molecule has 0 saturated carbocycles. The van der Waals surface area contributed by atoms with E-state index in [1.54, 1.807) is 12.1 Å². The normalized spacial score (nSPS) is 10.6. The molecule has 0 fully saturated rings. The van der Waals surface area contributed by atoms with Crippen molar-refractivity contribution < 1.29 is 23.5 Å². The lowest BCUT2D eigenvalue weighted by Crippen LogP contribution is -2.11. The zero-order valence-electron chi connectivity index (χ0n) is 17.2. The summed E-state index contributed by atoms with van der Waals surface area (Å²) in [6.07, 6.45) is 12.3. The lowest BCUT2D eigenvalue weighted by molar-refractivity contribution is -0.151. The zero-order chi connectivity index (χ0) is 20.5. The predicted molar refractivity (Wildman–Crippen MR) is 108 cm³/mol. The Morgan fingerprint density at radius 3 is 2.00 bits per heavy atom. The first-order valence-electron chi connectivity index (χ1n) is 10.7. The van der Waals surface area contributed by atoms with Gasteiger partial charge in [-0.3, -0.25) is 9.59 Å². The fourth-order valence-corrected chi connectivity index (χ4v) is 2.91. The molecule has 0 aromatic heterocycles. The number of ether oxygens (including phenoxy) is 2. The Hall–Kier alpha value is -1.91. The summed E-state index contributed by atoms with van der Waals surface area (Å²) < 4.78 is 23.2. The largest absolute Gasteiger partial charge is 0.466 e. The Labute approximate surface area is 168 Å². The van der Waals surface area contributed by atoms with E-state index in [1.165, 1.54) is 63.5 Å². The van der Waals surface area contributed by atoms with Crippen LogP contribution in [0.1, 0.15) is 89.5 Å². The summed E-state index contributed by atoms with van der Waals surface area (Å²) >= 11 is 0. The van der Waals surface area contributed by atoms with E-state index in [1.807, 2.05) is 0 Å². The van der Waals surface area contributed by atoms with Gasteiger partial charge in [-0.2, -0.15) is 0 Å². The van der Waals surface area contributed by atoms with Gasteiger partial charge in [0.25, 0.3) is 0 Å². The smallest absolute Gasteiger partial charge is 0.306 e. The second-order valence-corrected chi connectivity index (χ2v) is 7.19. The summed E-state index contributed by atoms with van der Waals surface area (Å²) in [6.45, 7) is 2.64. The Morgan fingerprint density at radius 1 is 0.821 bits per heavy atom. The average Bonchev–Trinajstić information content (AvgIpc) is 2.69. The highest BCUT2D eigenvalue weighted by Gasteiger charge is 2.09. The number of unbranched alkanes of at least 4 members (excludes halogenated alkanes) is 9. The first-order valence-corrected chi connectivity index (χ1v) is 10.7. The van der Waals surface area contributed by atoms with E-state index in [-0.39, 0.29) is 31.2 Å². The highest BCUT2D eigenvalue weighted by atomic mass is 19.1. The Bertz CT molecular complexity index is 559. The number of hydrogen-bond acceptors (Lipinski definition) is 4. The van der Waals surface area contributed by atoms with Crippen LogP contribution in [0.25, 0.3) is 0 Å². The molecule has 5 heteroatoms. The molecule has 4 nitrogen and oxygen atoms in total. The average molecular weight is 395 g/mol. The molecule has 158 valence electrons. The van der Waals surface area contributed by atoms with Crippen molar-refractivity contribution in [3.63, 3.8) is 0 Å². The van der Waals surface area contributed by atoms with Crippen LogP contribution in [0.4, 0.5) is 4.39 Å². The Balaban J connectivity index is 1.92. The number of halogens is 1. The molecule has 1 aromatic carbocycles. The molecule has 0 amide bonds. The molecule has 0 heterocycles. The van der Waals surface area contributed by atoms with Crippen LogP contribution in [-0.2, 0) is 25.7 Å². The van der Waals surface area contributed by atoms with Gasteiger partial charge in [-0.25, -0.2) is 4.39 Å². The minimum Gasteiger partial charge on any atom is -0.466 e. The molecule has 0 bridgehead atoms. The second-order valence-electron chi connectivity index (χ2n) is 7.19. The molecule has 28 heavy (non-hydrogen) atoms. The fraction of sp³-hybridized carbons (Fsp3) is 0.652. The van der Waals surface area contributed by atoms with Crippen LogP contribution < -0.4 is 0 Å². The molecule has 0 aliphatic rings. The molecule has 0 saturated heterocycles. The Kier molecular flexibility index (Phi) is 13.9. The topological polar surface area (TPSA) is 52.6 Å². The van der Waals surface area contributed by atoms with Crippen LogP contribution >= 0.6 is 0 Å². The van der Waals surface area contributed by atoms with Gasteiger partial charge in [-0.05, 0) is 24.1 Å². The van der Waals surface area contributed by atoms with E-state index in [0.717, 1.165) is 12.8 Å². The van der Waals surface area contributed by atoms with Crippen LogP contribution in [0.15, 0.2) is 24.3 Å². The standard InChI is InChI=1S/C23H35FO4/c1-2-3-4-5-6-7-8-9-10-11-17-27-22(25)15-16-23(26)28-19-20-13-12-14-21(24)18-20/h12-14,18H,2-11,15-17,19H2,1H3. The number of carbonyl (C=O) groups is 2. The zero-order valence-corrected chi connectivity index (χ0v) is 17.2. The highest BCUT2D eigenvalue weighted by Crippen LogP contribution is 2.11. The van der Waals surface area contributed by atoms with Gasteiger partial charge in [-0.1, -0.05) is 76.8 Å². The molecule has 0 atom stereocenters. The number of hydrogen-bond donors (Lipinski definition) is 0. The SMILES string of the molecule is CCCCCCCCCCCCOC(=O)CCC(=O)OCc1cccc(F)c1. The third-order valence-corrected chi connectivity index (χ3v) is 4.58. The van der Waals surface area contributed by atoms with Crippen molar-refractivity contribution in [2.75, 3.05) is 6.61 Å². The van der Waals surface area contributed by atoms with Gasteiger partial charge in [0.15, 0.2) is 0 Å². The van der Waals surface area contributed by atoms with E-state index in [9.17, 15) is 14.0 Å². The first kappa shape index (κ1) is 24.1. The van der Waals surface area contributed by atoms with Crippen molar-refractivity contribution in [1.82, 2.24) is 0 Å². The van der Waals surface area contributed by atoms with E-state index >= 15 is 0 Å². The number of benzene rings is 1. The number of carbonyl (C=O) groups excluding carboxylic acids is 2. The van der Waals surface area contributed by atoms with Crippen molar-refractivity contribution in [1.29, 1.82) is 0 Å². The summed E-state index contributed by atoms with van der Waals surface area (Å²) in [5.74, 6) is -1.23. The van der Waals surface area contributed by atoms with Crippen LogP contribution in [0.2, 0.25) is 0 Å². The van der Waals surface area contributed by atoms with E-state index < -0.39 is 5.97 Å². The van der Waals surface area contributed by atoms with Crippen LogP contribution in [-0.4, -0.2) is 18.5 Å². The van der Waals surface area contributed by atoms with Gasteiger partial charge in [-0.15, -0.1) is 0 Å². The summed E-state index contributed by atoms with van der Waals surface area (Å²) in [7, 11) is 0. The van der Waals surface area contributed by atoms with E-state index in [0.29, 0.717) is 12.2 Å². The van der Waals surface area contributed by atoms with Crippen molar-refractivity contribution in [3.05, 3.63) is 35.6 Å². The minimum absolute atomic E-state index is 0.00421. The van der Waals surface area contributed by atoms with Crippen LogP contribution in [0, 0.1) is 5.82 Å². The quantitative estimate of drug-likeness (QED) is 0.251. The van der Waals surface area contributed by atoms with Gasteiger partial charge < -0.3 is 9.47 Å². The molecular formula is C23H35FO4. The third-order valence-electron chi connectivity index (χ3n) is 4.58. The maximum atomic E-state index is 13.0. The van der Waals surface area contributed by atoms with Crippen molar-refractivity contribution in [2.24, 2.45) is 0 Å². The van der Waals surface area contributed by atoms with Gasteiger partial charge in [0, 0.05) is 0 Å². The molecular weight excluding hydrogens is 359 g/mol. The van der Waals surface area contributed by atoms with Gasteiger partial charge in [0.1, 0.15) is 12.4 Å². The monoisotopic (exact) mass is 394 g/mol. The predicted octanol–water partition coefficient (Wildman–Crippen LogP) is 6.11. The van der Waals surface area contributed by atoms with Gasteiger partial charge in [0.05, 0.1) is 19.4 Å². The van der Waals surface area contributed by atoms with E-state index in [2.05, 4.69) is 6.92 Å². The van der Waals surface area contributed by atoms with Crippen molar-refractivity contribution in [3.8, 4) is 0 Å². The summed E-state index contributed by atoms with van der Waals surface area (Å²) in [6, 6.07) is 5.88.